The first-order chi connectivity index (χ1) is 9.02. The summed E-state index contributed by atoms with van der Waals surface area (Å²) in [4.78, 5) is 0. The molecule has 108 valence electrons. The van der Waals surface area contributed by atoms with E-state index in [2.05, 4.69) is 19.2 Å². The number of nitrogens with one attached hydrogen (secondary N) is 1. The second kappa shape index (κ2) is 7.01. The van der Waals surface area contributed by atoms with Crippen LogP contribution < -0.4 is 5.32 Å². The summed E-state index contributed by atoms with van der Waals surface area (Å²) >= 11 is 0. The van der Waals surface area contributed by atoms with Crippen molar-refractivity contribution in [2.45, 2.75) is 51.7 Å². The fraction of sp³-hybridized carbons (Fsp3) is 0.625. The summed E-state index contributed by atoms with van der Waals surface area (Å²) in [7, 11) is 3.70. The first-order valence-corrected chi connectivity index (χ1v) is 7.00. The lowest BCUT2D eigenvalue weighted by Gasteiger charge is -2.38. The van der Waals surface area contributed by atoms with Gasteiger partial charge in [-0.3, -0.25) is 0 Å². The van der Waals surface area contributed by atoms with Gasteiger partial charge in [-0.15, -0.1) is 0 Å². The molecule has 0 aliphatic heterocycles. The molecule has 0 amide bonds. The van der Waals surface area contributed by atoms with Crippen molar-refractivity contribution in [3.63, 3.8) is 0 Å². The van der Waals surface area contributed by atoms with Crippen molar-refractivity contribution in [3.8, 4) is 0 Å². The molecule has 1 unspecified atom stereocenters. The Bertz CT molecular complexity index is 393. The molecule has 2 nitrogen and oxygen atoms in total. The van der Waals surface area contributed by atoms with Crippen LogP contribution in [-0.2, 0) is 11.2 Å². The van der Waals surface area contributed by atoms with Crippen molar-refractivity contribution < 1.29 is 9.13 Å². The average Bonchev–Trinajstić information content (AvgIpc) is 2.43. The molecule has 3 heteroatoms. The van der Waals surface area contributed by atoms with Crippen LogP contribution in [0.25, 0.3) is 0 Å². The second-order valence-corrected chi connectivity index (χ2v) is 5.09. The van der Waals surface area contributed by atoms with Crippen LogP contribution in [0.1, 0.15) is 37.8 Å². The van der Waals surface area contributed by atoms with Crippen LogP contribution >= 0.6 is 0 Å². The minimum absolute atomic E-state index is 0.174. The van der Waals surface area contributed by atoms with E-state index in [0.717, 1.165) is 30.4 Å². The summed E-state index contributed by atoms with van der Waals surface area (Å²) in [6, 6.07) is 5.15. The van der Waals surface area contributed by atoms with Crippen molar-refractivity contribution in [3.05, 3.63) is 35.1 Å². The first-order valence-electron chi connectivity index (χ1n) is 7.00. The van der Waals surface area contributed by atoms with E-state index in [1.54, 1.807) is 13.2 Å². The standard InChI is InChI=1S/C16H26FNO/c1-6-16(7-2,19-5)15(18-4)11-13-10-14(17)9-8-12(13)3/h8-10,15,18H,6-7,11H2,1-5H3. The minimum atomic E-state index is -0.201. The Kier molecular flexibility index (Phi) is 5.95. The third kappa shape index (κ3) is 3.54. The Balaban J connectivity index is 3.01. The SMILES string of the molecule is CCC(CC)(OC)C(Cc1cc(F)ccc1C)NC. The molecule has 0 bridgehead atoms. The molecule has 0 radical (unpaired) electrons. The first kappa shape index (κ1) is 16.1. The molecule has 1 atom stereocenters. The summed E-state index contributed by atoms with van der Waals surface area (Å²) in [5, 5.41) is 3.34. The third-order valence-electron chi connectivity index (χ3n) is 4.32. The van der Waals surface area contributed by atoms with Crippen LogP contribution in [0.2, 0.25) is 0 Å². The van der Waals surface area contributed by atoms with Gasteiger partial charge in [-0.2, -0.15) is 0 Å². The van der Waals surface area contributed by atoms with Crippen molar-refractivity contribution in [2.24, 2.45) is 0 Å². The zero-order valence-corrected chi connectivity index (χ0v) is 12.7. The van der Waals surface area contributed by atoms with Crippen molar-refractivity contribution in [1.29, 1.82) is 0 Å². The molecule has 1 N–H and O–H groups in total. The van der Waals surface area contributed by atoms with E-state index in [1.165, 1.54) is 6.07 Å². The highest BCUT2D eigenvalue weighted by Crippen LogP contribution is 2.27. The van der Waals surface area contributed by atoms with Crippen LogP contribution in [-0.4, -0.2) is 25.8 Å². The van der Waals surface area contributed by atoms with Gasteiger partial charge in [0.05, 0.1) is 5.60 Å². The minimum Gasteiger partial charge on any atom is -0.377 e. The van der Waals surface area contributed by atoms with Gasteiger partial charge in [-0.1, -0.05) is 19.9 Å². The number of rotatable bonds is 7. The van der Waals surface area contributed by atoms with E-state index >= 15 is 0 Å². The quantitative estimate of drug-likeness (QED) is 0.816. The zero-order valence-electron chi connectivity index (χ0n) is 12.7. The van der Waals surface area contributed by atoms with E-state index in [0.29, 0.717) is 0 Å². The Morgan fingerprint density at radius 2 is 1.95 bits per heavy atom. The van der Waals surface area contributed by atoms with Gasteiger partial charge in [0.25, 0.3) is 0 Å². The van der Waals surface area contributed by atoms with Gasteiger partial charge in [-0.05, 0) is 56.5 Å². The molecule has 0 spiro atoms. The van der Waals surface area contributed by atoms with Crippen LogP contribution in [0.3, 0.4) is 0 Å². The molecule has 0 saturated heterocycles. The predicted molar refractivity (Wildman–Crippen MR) is 78.0 cm³/mol. The monoisotopic (exact) mass is 267 g/mol. The van der Waals surface area contributed by atoms with Crippen LogP contribution in [0.15, 0.2) is 18.2 Å². The maximum Gasteiger partial charge on any atom is 0.123 e. The summed E-state index contributed by atoms with van der Waals surface area (Å²) in [5.74, 6) is -0.175. The Labute approximate surface area is 116 Å². The van der Waals surface area contributed by atoms with Crippen molar-refractivity contribution >= 4 is 0 Å². The van der Waals surface area contributed by atoms with E-state index in [9.17, 15) is 4.39 Å². The molecule has 1 rings (SSSR count). The van der Waals surface area contributed by atoms with Gasteiger partial charge < -0.3 is 10.1 Å². The van der Waals surface area contributed by atoms with Crippen LogP contribution in [0.4, 0.5) is 4.39 Å². The van der Waals surface area contributed by atoms with Crippen molar-refractivity contribution in [2.75, 3.05) is 14.2 Å². The normalized spacial score (nSPS) is 13.6. The molecule has 19 heavy (non-hydrogen) atoms. The Hall–Kier alpha value is -0.930. The maximum absolute atomic E-state index is 13.4. The van der Waals surface area contributed by atoms with E-state index in [4.69, 9.17) is 4.74 Å². The fourth-order valence-corrected chi connectivity index (χ4v) is 2.80. The summed E-state index contributed by atoms with van der Waals surface area (Å²) in [5.41, 5.74) is 1.97. The van der Waals surface area contributed by atoms with Gasteiger partial charge in [0.15, 0.2) is 0 Å². The molecular weight excluding hydrogens is 241 g/mol. The summed E-state index contributed by atoms with van der Waals surface area (Å²) in [6.07, 6.45) is 2.63. The number of hydrogen-bond donors (Lipinski definition) is 1. The molecule has 1 aromatic rings. The van der Waals surface area contributed by atoms with Gasteiger partial charge in [0.1, 0.15) is 5.82 Å². The molecule has 1 aromatic carbocycles. The second-order valence-electron chi connectivity index (χ2n) is 5.09. The number of hydrogen-bond acceptors (Lipinski definition) is 2. The van der Waals surface area contributed by atoms with E-state index in [-0.39, 0.29) is 17.5 Å². The highest BCUT2D eigenvalue weighted by Gasteiger charge is 2.35. The topological polar surface area (TPSA) is 21.3 Å². The summed E-state index contributed by atoms with van der Waals surface area (Å²) in [6.45, 7) is 6.29. The number of aryl methyl sites for hydroxylation is 1. The van der Waals surface area contributed by atoms with Gasteiger partial charge in [0, 0.05) is 13.2 Å². The largest absolute Gasteiger partial charge is 0.377 e. The zero-order chi connectivity index (χ0) is 14.5. The fourth-order valence-electron chi connectivity index (χ4n) is 2.80. The lowest BCUT2D eigenvalue weighted by Crippen LogP contribution is -2.51. The molecular formula is C16H26FNO. The number of likely N-dealkylation sites (N-methyl/N-ethyl adjacent to an activating group) is 1. The molecule has 0 aliphatic carbocycles. The lowest BCUT2D eigenvalue weighted by molar-refractivity contribution is -0.0454. The van der Waals surface area contributed by atoms with Crippen LogP contribution in [0, 0.1) is 12.7 Å². The van der Waals surface area contributed by atoms with E-state index in [1.807, 2.05) is 20.0 Å². The third-order valence-corrected chi connectivity index (χ3v) is 4.32. The number of halogens is 1. The lowest BCUT2D eigenvalue weighted by atomic mass is 9.83. The Morgan fingerprint density at radius 1 is 1.32 bits per heavy atom. The molecule has 0 aliphatic rings. The molecule has 0 heterocycles. The smallest absolute Gasteiger partial charge is 0.123 e. The summed E-state index contributed by atoms with van der Waals surface area (Å²) < 4.78 is 19.2. The van der Waals surface area contributed by atoms with Crippen LogP contribution in [0.5, 0.6) is 0 Å². The predicted octanol–water partition coefficient (Wildman–Crippen LogP) is 3.47. The highest BCUT2D eigenvalue weighted by atomic mass is 19.1. The number of benzene rings is 1. The number of methoxy groups -OCH3 is 1. The van der Waals surface area contributed by atoms with Gasteiger partial charge in [0.2, 0.25) is 0 Å². The molecule has 0 aromatic heterocycles. The maximum atomic E-state index is 13.4. The molecule has 0 saturated carbocycles. The van der Waals surface area contributed by atoms with Gasteiger partial charge in [-0.25, -0.2) is 4.39 Å². The average molecular weight is 267 g/mol. The Morgan fingerprint density at radius 3 is 2.42 bits per heavy atom. The van der Waals surface area contributed by atoms with Gasteiger partial charge >= 0.3 is 0 Å². The highest BCUT2D eigenvalue weighted by molar-refractivity contribution is 5.28. The molecule has 0 fully saturated rings. The van der Waals surface area contributed by atoms with E-state index < -0.39 is 0 Å². The van der Waals surface area contributed by atoms with Crippen molar-refractivity contribution in [1.82, 2.24) is 5.32 Å². The number of ether oxygens (including phenoxy) is 1.